The summed E-state index contributed by atoms with van der Waals surface area (Å²) in [6.07, 6.45) is 2.58. The summed E-state index contributed by atoms with van der Waals surface area (Å²) in [5, 5.41) is 8.02. The van der Waals surface area contributed by atoms with Crippen molar-refractivity contribution in [1.29, 1.82) is 0 Å². The largest absolute Gasteiger partial charge is 0.343 e. The molecule has 3 amide bonds. The highest BCUT2D eigenvalue weighted by Crippen LogP contribution is 2.32. The summed E-state index contributed by atoms with van der Waals surface area (Å²) in [5.41, 5.74) is 0.427. The van der Waals surface area contributed by atoms with Gasteiger partial charge in [-0.1, -0.05) is 19.9 Å². The quantitative estimate of drug-likeness (QED) is 0.478. The van der Waals surface area contributed by atoms with Crippen molar-refractivity contribution in [3.05, 3.63) is 47.9 Å². The Morgan fingerprint density at radius 2 is 1.86 bits per heavy atom. The molecule has 1 aromatic heterocycles. The second-order valence-electron chi connectivity index (χ2n) is 9.06. The Balaban J connectivity index is 1.92. The van der Waals surface area contributed by atoms with Gasteiger partial charge in [0.25, 0.3) is 5.91 Å². The van der Waals surface area contributed by atoms with Gasteiger partial charge in [0.05, 0.1) is 16.6 Å². The Kier molecular flexibility index (Phi) is 8.09. The van der Waals surface area contributed by atoms with E-state index in [4.69, 9.17) is 0 Å². The van der Waals surface area contributed by atoms with E-state index >= 15 is 0 Å². The summed E-state index contributed by atoms with van der Waals surface area (Å²) in [5.74, 6) is -2.51. The zero-order valence-corrected chi connectivity index (χ0v) is 21.5. The van der Waals surface area contributed by atoms with E-state index in [1.54, 1.807) is 40.0 Å². The van der Waals surface area contributed by atoms with Gasteiger partial charge in [-0.15, -0.1) is 0 Å². The molecular weight excluding hydrogens is 489 g/mol. The first-order valence-electron chi connectivity index (χ1n) is 11.4. The lowest BCUT2D eigenvalue weighted by Crippen LogP contribution is -2.57. The third-order valence-electron chi connectivity index (χ3n) is 6.04. The second kappa shape index (κ2) is 10.7. The van der Waals surface area contributed by atoms with E-state index in [9.17, 15) is 27.2 Å². The minimum Gasteiger partial charge on any atom is -0.343 e. The van der Waals surface area contributed by atoms with Gasteiger partial charge < -0.3 is 16.0 Å². The molecule has 1 aromatic carbocycles. The van der Waals surface area contributed by atoms with Crippen molar-refractivity contribution in [3.63, 3.8) is 0 Å². The maximum atomic E-state index is 14.6. The number of carbonyl (C=O) groups is 3. The minimum absolute atomic E-state index is 0.134. The standard InChI is InChI=1S/C24H30FN5O5S/c1-13(2)20(29-22(31)14(3)26-4)24(33)30-19(11-15-7-6-10-27-21(15)30)23(32)28-18-9-8-16(12-17(18)25)36(5,34)35/h6-10,12-14,19-20,26H,11H2,1-5H3,(H,28,32)(H,29,31). The molecule has 3 atom stereocenters. The molecule has 0 saturated heterocycles. The molecule has 2 heterocycles. The maximum absolute atomic E-state index is 14.6. The van der Waals surface area contributed by atoms with Crippen molar-refractivity contribution in [1.82, 2.24) is 15.6 Å². The van der Waals surface area contributed by atoms with Crippen LogP contribution >= 0.6 is 0 Å². The number of likely N-dealkylation sites (N-methyl/N-ethyl adjacent to an activating group) is 1. The van der Waals surface area contributed by atoms with Gasteiger partial charge in [0, 0.05) is 18.9 Å². The van der Waals surface area contributed by atoms with Gasteiger partial charge in [0.2, 0.25) is 11.8 Å². The lowest BCUT2D eigenvalue weighted by atomic mass is 10.0. The van der Waals surface area contributed by atoms with Crippen LogP contribution in [-0.2, 0) is 30.6 Å². The first-order chi connectivity index (χ1) is 16.8. The summed E-state index contributed by atoms with van der Waals surface area (Å²) in [6, 6.07) is 4.05. The van der Waals surface area contributed by atoms with Crippen LogP contribution in [0.2, 0.25) is 0 Å². The van der Waals surface area contributed by atoms with Crippen LogP contribution in [-0.4, -0.2) is 62.6 Å². The highest BCUT2D eigenvalue weighted by Gasteiger charge is 2.43. The number of halogens is 1. The molecule has 0 fully saturated rings. The molecule has 194 valence electrons. The third kappa shape index (κ3) is 5.71. The fourth-order valence-electron chi connectivity index (χ4n) is 3.84. The lowest BCUT2D eigenvalue weighted by molar-refractivity contribution is -0.130. The number of amides is 3. The van der Waals surface area contributed by atoms with E-state index in [2.05, 4.69) is 20.9 Å². The van der Waals surface area contributed by atoms with Crippen molar-refractivity contribution < 1.29 is 27.2 Å². The Bertz CT molecular complexity index is 1280. The number of rotatable bonds is 8. The van der Waals surface area contributed by atoms with Crippen LogP contribution in [0.15, 0.2) is 41.4 Å². The molecule has 12 heteroatoms. The van der Waals surface area contributed by atoms with E-state index in [0.717, 1.165) is 18.4 Å². The average Bonchev–Trinajstić information content (AvgIpc) is 3.21. The molecular formula is C24H30FN5O5S. The van der Waals surface area contributed by atoms with E-state index in [1.165, 1.54) is 17.2 Å². The number of nitrogens with one attached hydrogen (secondary N) is 3. The molecule has 0 aliphatic carbocycles. The minimum atomic E-state index is -3.63. The molecule has 10 nitrogen and oxygen atoms in total. The number of nitrogens with zero attached hydrogens (tertiary/aromatic N) is 2. The maximum Gasteiger partial charge on any atom is 0.251 e. The number of carbonyl (C=O) groups excluding carboxylic acids is 3. The average molecular weight is 520 g/mol. The van der Waals surface area contributed by atoms with Crippen LogP contribution in [0, 0.1) is 11.7 Å². The highest BCUT2D eigenvalue weighted by atomic mass is 32.2. The first-order valence-corrected chi connectivity index (χ1v) is 13.3. The molecule has 0 radical (unpaired) electrons. The van der Waals surface area contributed by atoms with Crippen LogP contribution < -0.4 is 20.9 Å². The summed E-state index contributed by atoms with van der Waals surface area (Å²) in [7, 11) is -2.01. The van der Waals surface area contributed by atoms with Gasteiger partial charge in [0.15, 0.2) is 9.84 Å². The molecule has 36 heavy (non-hydrogen) atoms. The van der Waals surface area contributed by atoms with Gasteiger partial charge in [0.1, 0.15) is 23.7 Å². The molecule has 1 aliphatic heterocycles. The van der Waals surface area contributed by atoms with Gasteiger partial charge >= 0.3 is 0 Å². The van der Waals surface area contributed by atoms with Crippen LogP contribution in [0.1, 0.15) is 26.3 Å². The lowest BCUT2D eigenvalue weighted by Gasteiger charge is -2.31. The summed E-state index contributed by atoms with van der Waals surface area (Å²) < 4.78 is 38.0. The second-order valence-corrected chi connectivity index (χ2v) is 11.1. The van der Waals surface area contributed by atoms with Gasteiger partial charge in [-0.2, -0.15) is 0 Å². The molecule has 3 N–H and O–H groups in total. The predicted molar refractivity (Wildman–Crippen MR) is 133 cm³/mol. The van der Waals surface area contributed by atoms with Crippen molar-refractivity contribution in [2.45, 2.75) is 50.2 Å². The van der Waals surface area contributed by atoms with Crippen molar-refractivity contribution in [3.8, 4) is 0 Å². The van der Waals surface area contributed by atoms with Gasteiger partial charge in [-0.3, -0.25) is 19.3 Å². The fourth-order valence-corrected chi connectivity index (χ4v) is 4.47. The van der Waals surface area contributed by atoms with E-state index < -0.39 is 45.6 Å². The summed E-state index contributed by atoms with van der Waals surface area (Å²) >= 11 is 0. The molecule has 0 bridgehead atoms. The number of benzene rings is 1. The van der Waals surface area contributed by atoms with E-state index in [0.29, 0.717) is 5.56 Å². The number of sulfone groups is 1. The van der Waals surface area contributed by atoms with E-state index in [-0.39, 0.29) is 34.6 Å². The van der Waals surface area contributed by atoms with Crippen LogP contribution in [0.3, 0.4) is 0 Å². The normalized spacial score (nSPS) is 16.9. The number of aromatic nitrogens is 1. The fraction of sp³-hybridized carbons (Fsp3) is 0.417. The zero-order valence-electron chi connectivity index (χ0n) is 20.7. The SMILES string of the molecule is CNC(C)C(=O)NC(C(=O)N1c2ncccc2CC1C(=O)Nc1ccc(S(C)(=O)=O)cc1F)C(C)C. The summed E-state index contributed by atoms with van der Waals surface area (Å²) in [6.45, 7) is 5.20. The smallest absolute Gasteiger partial charge is 0.251 e. The highest BCUT2D eigenvalue weighted by molar-refractivity contribution is 7.90. The number of hydrogen-bond donors (Lipinski definition) is 3. The molecule has 3 rings (SSSR count). The molecule has 3 unspecified atom stereocenters. The molecule has 2 aromatic rings. The first kappa shape index (κ1) is 27.2. The van der Waals surface area contributed by atoms with Gasteiger partial charge in [-0.05, 0) is 49.7 Å². The van der Waals surface area contributed by atoms with Crippen molar-refractivity contribution in [2.75, 3.05) is 23.5 Å². The van der Waals surface area contributed by atoms with E-state index in [1.807, 2.05) is 0 Å². The Hall–Kier alpha value is -3.38. The number of pyridine rings is 1. The van der Waals surface area contributed by atoms with Crippen molar-refractivity contribution in [2.24, 2.45) is 5.92 Å². The summed E-state index contributed by atoms with van der Waals surface area (Å²) in [4.78, 5) is 44.8. The Morgan fingerprint density at radius 1 is 1.17 bits per heavy atom. The van der Waals surface area contributed by atoms with Crippen LogP contribution in [0.4, 0.5) is 15.9 Å². The molecule has 0 spiro atoms. The topological polar surface area (TPSA) is 138 Å². The predicted octanol–water partition coefficient (Wildman–Crippen LogP) is 1.27. The number of anilines is 2. The number of fused-ring (bicyclic) bond motifs is 1. The number of hydrogen-bond acceptors (Lipinski definition) is 7. The zero-order chi connectivity index (χ0) is 26.8. The Morgan fingerprint density at radius 3 is 2.44 bits per heavy atom. The van der Waals surface area contributed by atoms with Crippen molar-refractivity contribution >= 4 is 39.1 Å². The monoisotopic (exact) mass is 519 g/mol. The molecule has 1 aliphatic rings. The van der Waals surface area contributed by atoms with Crippen LogP contribution in [0.5, 0.6) is 0 Å². The Labute approximate surface area is 209 Å². The molecule has 0 saturated carbocycles. The van der Waals surface area contributed by atoms with Crippen LogP contribution in [0.25, 0.3) is 0 Å². The van der Waals surface area contributed by atoms with Gasteiger partial charge in [-0.25, -0.2) is 17.8 Å². The third-order valence-corrected chi connectivity index (χ3v) is 7.15.